The van der Waals surface area contributed by atoms with Crippen molar-refractivity contribution in [3.05, 3.63) is 64.4 Å². The largest absolute Gasteiger partial charge is 0.410 e. The Balaban J connectivity index is 1.75. The number of halogens is 2. The van der Waals surface area contributed by atoms with E-state index in [4.69, 9.17) is 26.5 Å². The maximum absolute atomic E-state index is 14.5. The molecule has 0 bridgehead atoms. The monoisotopic (exact) mass is 400 g/mol. The number of hydrogen-bond donors (Lipinski definition) is 1. The van der Waals surface area contributed by atoms with Gasteiger partial charge in [0.05, 0.1) is 36.8 Å². The zero-order chi connectivity index (χ0) is 19.5. The Morgan fingerprint density at radius 2 is 2.11 bits per heavy atom. The second kappa shape index (κ2) is 8.08. The lowest BCUT2D eigenvalue weighted by atomic mass is 10.0. The molecular weight excluding hydrogens is 383 g/mol. The van der Waals surface area contributed by atoms with Crippen molar-refractivity contribution in [2.45, 2.75) is 6.10 Å². The van der Waals surface area contributed by atoms with Crippen LogP contribution in [-0.2, 0) is 4.74 Å². The summed E-state index contributed by atoms with van der Waals surface area (Å²) in [4.78, 5) is 11.3. The number of aliphatic imine (C=N–C) groups is 2. The molecule has 2 aromatic rings. The first-order chi connectivity index (χ1) is 13.7. The summed E-state index contributed by atoms with van der Waals surface area (Å²) in [5, 5.41) is 12.4. The number of morpholine rings is 1. The van der Waals surface area contributed by atoms with E-state index in [9.17, 15) is 4.39 Å². The summed E-state index contributed by atoms with van der Waals surface area (Å²) in [6.45, 7) is 1.87. The third kappa shape index (κ3) is 3.76. The van der Waals surface area contributed by atoms with E-state index in [1.807, 2.05) is 4.90 Å². The molecule has 4 rings (SSSR count). The molecule has 1 unspecified atom stereocenters. The molecule has 0 aliphatic carbocycles. The van der Waals surface area contributed by atoms with Crippen LogP contribution in [0.5, 0.6) is 0 Å². The van der Waals surface area contributed by atoms with Crippen molar-refractivity contribution >= 4 is 35.1 Å². The molecule has 28 heavy (non-hydrogen) atoms. The molecule has 2 aliphatic heterocycles. The van der Waals surface area contributed by atoms with Crippen LogP contribution in [0.2, 0.25) is 5.02 Å². The molecule has 1 atom stereocenters. The minimum absolute atomic E-state index is 0.269. The summed E-state index contributed by atoms with van der Waals surface area (Å²) < 4.78 is 20.3. The third-order valence-electron chi connectivity index (χ3n) is 4.69. The van der Waals surface area contributed by atoms with Gasteiger partial charge in [-0.25, -0.2) is 4.39 Å². The van der Waals surface area contributed by atoms with Crippen LogP contribution in [0.15, 0.2) is 57.6 Å². The minimum atomic E-state index is -0.352. The van der Waals surface area contributed by atoms with Crippen molar-refractivity contribution in [1.29, 1.82) is 0 Å². The Kier molecular flexibility index (Phi) is 5.36. The maximum atomic E-state index is 14.5. The van der Waals surface area contributed by atoms with E-state index >= 15 is 0 Å². The number of hydrogen-bond acceptors (Lipinski definition) is 5. The Morgan fingerprint density at radius 1 is 1.25 bits per heavy atom. The first-order valence-electron chi connectivity index (χ1n) is 8.85. The fourth-order valence-electron chi connectivity index (χ4n) is 3.34. The van der Waals surface area contributed by atoms with Crippen molar-refractivity contribution in [3.8, 4) is 0 Å². The highest BCUT2D eigenvalue weighted by atomic mass is 35.5. The Hall–Kier alpha value is -2.77. The lowest BCUT2D eigenvalue weighted by molar-refractivity contribution is 0.0336. The van der Waals surface area contributed by atoms with Crippen molar-refractivity contribution in [3.63, 3.8) is 0 Å². The van der Waals surface area contributed by atoms with Gasteiger partial charge in [0.2, 0.25) is 0 Å². The molecule has 144 valence electrons. The molecule has 1 saturated heterocycles. The normalized spacial score (nSPS) is 19.8. The quantitative estimate of drug-likeness (QED) is 0.371. The predicted octanol–water partition coefficient (Wildman–Crippen LogP) is 3.52. The summed E-state index contributed by atoms with van der Waals surface area (Å²) in [6.07, 6.45) is 1.06. The van der Waals surface area contributed by atoms with E-state index in [0.717, 1.165) is 5.71 Å². The highest BCUT2D eigenvalue weighted by Gasteiger charge is 2.27. The van der Waals surface area contributed by atoms with Crippen molar-refractivity contribution in [2.75, 3.05) is 26.2 Å². The smallest absolute Gasteiger partial charge is 0.132 e. The number of ether oxygens (including phenoxy) is 1. The molecule has 6 nitrogen and oxygen atoms in total. The van der Waals surface area contributed by atoms with Crippen LogP contribution >= 0.6 is 11.6 Å². The van der Waals surface area contributed by atoms with Crippen LogP contribution in [0.1, 0.15) is 11.1 Å². The zero-order valence-electron chi connectivity index (χ0n) is 14.9. The summed E-state index contributed by atoms with van der Waals surface area (Å²) in [5.74, 6) is -0.352. The van der Waals surface area contributed by atoms with Crippen LogP contribution in [-0.4, -0.2) is 60.2 Å². The summed E-state index contributed by atoms with van der Waals surface area (Å²) >= 11 is 6.19. The van der Waals surface area contributed by atoms with Gasteiger partial charge < -0.3 is 14.8 Å². The molecule has 8 heteroatoms. The first kappa shape index (κ1) is 18.6. The Bertz CT molecular complexity index is 976. The van der Waals surface area contributed by atoms with Crippen LogP contribution < -0.4 is 0 Å². The standard InChI is InChI=1S/C20H18ClFN4O2/c21-13-5-6-17-15(9-13)20(14-3-1-2-4-16(14)22)23-10-18(25-17)19-11-26(12-24-27)7-8-28-19/h1-6,9,12,19,27H,7-8,10-11H2/b24-12-. The lowest BCUT2D eigenvalue weighted by Gasteiger charge is -2.31. The lowest BCUT2D eigenvalue weighted by Crippen LogP contribution is -2.46. The minimum Gasteiger partial charge on any atom is -0.410 e. The average molecular weight is 401 g/mol. The molecule has 2 heterocycles. The molecule has 0 radical (unpaired) electrons. The highest BCUT2D eigenvalue weighted by Crippen LogP contribution is 2.30. The summed E-state index contributed by atoms with van der Waals surface area (Å²) in [6, 6.07) is 11.8. The fourth-order valence-corrected chi connectivity index (χ4v) is 3.51. The van der Waals surface area contributed by atoms with Crippen LogP contribution in [0.4, 0.5) is 10.1 Å². The van der Waals surface area contributed by atoms with Gasteiger partial charge in [0, 0.05) is 22.7 Å². The van der Waals surface area contributed by atoms with Gasteiger partial charge in [-0.1, -0.05) is 28.9 Å². The Morgan fingerprint density at radius 3 is 2.93 bits per heavy atom. The number of oxime groups is 1. The van der Waals surface area contributed by atoms with Crippen LogP contribution in [0.25, 0.3) is 0 Å². The van der Waals surface area contributed by atoms with E-state index in [-0.39, 0.29) is 18.5 Å². The second-order valence-electron chi connectivity index (χ2n) is 6.49. The molecule has 0 aromatic heterocycles. The van der Waals surface area contributed by atoms with E-state index in [1.165, 1.54) is 12.4 Å². The topological polar surface area (TPSA) is 69.8 Å². The van der Waals surface area contributed by atoms with Crippen molar-refractivity contribution < 1.29 is 14.3 Å². The number of rotatable bonds is 3. The number of benzene rings is 2. The fraction of sp³-hybridized carbons (Fsp3) is 0.250. The van der Waals surface area contributed by atoms with E-state index < -0.39 is 0 Å². The van der Waals surface area contributed by atoms with Crippen molar-refractivity contribution in [2.24, 2.45) is 15.1 Å². The van der Waals surface area contributed by atoms with Gasteiger partial charge in [-0.2, -0.15) is 0 Å². The van der Waals surface area contributed by atoms with Gasteiger partial charge in [-0.3, -0.25) is 9.98 Å². The molecule has 1 N–H and O–H groups in total. The summed E-state index contributed by atoms with van der Waals surface area (Å²) in [7, 11) is 0. The van der Waals surface area contributed by atoms with Gasteiger partial charge in [0.1, 0.15) is 18.3 Å². The molecule has 0 saturated carbocycles. The van der Waals surface area contributed by atoms with Crippen LogP contribution in [0.3, 0.4) is 0 Å². The zero-order valence-corrected chi connectivity index (χ0v) is 15.7. The highest BCUT2D eigenvalue weighted by molar-refractivity contribution is 6.31. The van der Waals surface area contributed by atoms with E-state index in [0.29, 0.717) is 47.2 Å². The molecule has 1 fully saturated rings. The average Bonchev–Trinajstić information content (AvgIpc) is 2.88. The second-order valence-corrected chi connectivity index (χ2v) is 6.93. The first-order valence-corrected chi connectivity index (χ1v) is 9.23. The molecule has 2 aliphatic rings. The number of nitrogens with zero attached hydrogens (tertiary/aromatic N) is 4. The third-order valence-corrected chi connectivity index (χ3v) is 4.93. The van der Waals surface area contributed by atoms with Gasteiger partial charge in [-0.05, 0) is 30.3 Å². The predicted molar refractivity (Wildman–Crippen MR) is 107 cm³/mol. The van der Waals surface area contributed by atoms with Crippen LogP contribution in [0, 0.1) is 5.82 Å². The van der Waals surface area contributed by atoms with Gasteiger partial charge in [0.15, 0.2) is 0 Å². The molecule has 2 aromatic carbocycles. The SMILES string of the molecule is O/N=C\N1CCOC(C2=Nc3ccc(Cl)cc3C(c3ccccc3F)=NC2)C1. The molecule has 0 spiro atoms. The van der Waals surface area contributed by atoms with E-state index in [1.54, 1.807) is 36.4 Å². The van der Waals surface area contributed by atoms with Crippen molar-refractivity contribution in [1.82, 2.24) is 4.90 Å². The molecular formula is C20H18ClFN4O2. The Labute approximate surface area is 166 Å². The van der Waals surface area contributed by atoms with Gasteiger partial charge >= 0.3 is 0 Å². The summed E-state index contributed by atoms with van der Waals surface area (Å²) in [5.41, 5.74) is 2.98. The number of fused-ring (bicyclic) bond motifs is 1. The molecule has 0 amide bonds. The maximum Gasteiger partial charge on any atom is 0.132 e. The van der Waals surface area contributed by atoms with E-state index in [2.05, 4.69) is 10.1 Å². The van der Waals surface area contributed by atoms with Gasteiger partial charge in [0.25, 0.3) is 0 Å². The van der Waals surface area contributed by atoms with Gasteiger partial charge in [-0.15, -0.1) is 0 Å².